The normalized spacial score (nSPS) is 22.8. The van der Waals surface area contributed by atoms with E-state index >= 15 is 0 Å². The number of carbonyl (C=O) groups excluding carboxylic acids is 2. The van der Waals surface area contributed by atoms with Gasteiger partial charge in [-0.1, -0.05) is 12.1 Å². The molecule has 248 valence electrons. The molecule has 1 saturated heterocycles. The smallest absolute Gasteiger partial charge is 0.340 e. The van der Waals surface area contributed by atoms with E-state index in [2.05, 4.69) is 4.72 Å². The molecule has 16 heteroatoms. The number of nitrogens with zero attached hydrogens (tertiary/aromatic N) is 3. The first kappa shape index (κ1) is 34.5. The number of likely N-dealkylation sites (N-methyl/N-ethyl adjacent to an activating group) is 1. The van der Waals surface area contributed by atoms with E-state index in [4.69, 9.17) is 0 Å². The molecule has 0 bridgehead atoms. The Morgan fingerprint density at radius 1 is 0.867 bits per heavy atom. The van der Waals surface area contributed by atoms with Gasteiger partial charge in [0.05, 0.1) is 23.4 Å². The monoisotopic (exact) mass is 666 g/mol. The van der Waals surface area contributed by atoms with Gasteiger partial charge in [0, 0.05) is 50.7 Å². The molecule has 0 aromatic heterocycles. The molecule has 1 aliphatic carbocycles. The molecule has 1 saturated carbocycles. The zero-order valence-electron chi connectivity index (χ0n) is 24.6. The second-order valence-corrected chi connectivity index (χ2v) is 13.4. The Bertz CT molecular complexity index is 1480. The van der Waals surface area contributed by atoms with E-state index in [1.807, 2.05) is 0 Å². The number of anilines is 1. The van der Waals surface area contributed by atoms with Crippen molar-refractivity contribution in [3.63, 3.8) is 0 Å². The second-order valence-electron chi connectivity index (χ2n) is 11.6. The summed E-state index contributed by atoms with van der Waals surface area (Å²) in [7, 11) is -1.02. The number of hydrogen-bond donors (Lipinski definition) is 1. The molecular formula is C29H33F7N4O4S. The number of halogens is 7. The zero-order valence-corrected chi connectivity index (χ0v) is 25.4. The number of rotatable bonds is 6. The minimum atomic E-state index is -5.11. The molecule has 2 atom stereocenters. The minimum Gasteiger partial charge on any atom is -0.340 e. The van der Waals surface area contributed by atoms with Crippen molar-refractivity contribution >= 4 is 27.6 Å². The number of benzene rings is 2. The number of carbonyl (C=O) groups is 2. The Labute approximate surface area is 256 Å². The van der Waals surface area contributed by atoms with E-state index in [0.29, 0.717) is 48.3 Å². The molecule has 1 aliphatic heterocycles. The van der Waals surface area contributed by atoms with Crippen LogP contribution in [0.5, 0.6) is 0 Å². The third-order valence-electron chi connectivity index (χ3n) is 8.40. The summed E-state index contributed by atoms with van der Waals surface area (Å²) < 4.78 is 120. The second kappa shape index (κ2) is 12.8. The van der Waals surface area contributed by atoms with Gasteiger partial charge in [0.25, 0.3) is 0 Å². The Hall–Kier alpha value is -3.40. The lowest BCUT2D eigenvalue weighted by molar-refractivity contribution is -0.143. The summed E-state index contributed by atoms with van der Waals surface area (Å²) in [6.45, 7) is 0.134. The summed E-state index contributed by atoms with van der Waals surface area (Å²) in [6, 6.07) is 4.32. The van der Waals surface area contributed by atoms with Gasteiger partial charge in [-0.15, -0.1) is 0 Å². The van der Waals surface area contributed by atoms with Crippen LogP contribution in [0.1, 0.15) is 48.3 Å². The van der Waals surface area contributed by atoms with Crippen LogP contribution in [0.2, 0.25) is 0 Å². The van der Waals surface area contributed by atoms with Crippen LogP contribution in [0.15, 0.2) is 42.5 Å². The van der Waals surface area contributed by atoms with E-state index in [9.17, 15) is 48.7 Å². The van der Waals surface area contributed by atoms with Gasteiger partial charge >= 0.3 is 18.4 Å². The predicted octanol–water partition coefficient (Wildman–Crippen LogP) is 5.45. The quantitative estimate of drug-likeness (QED) is 0.416. The lowest BCUT2D eigenvalue weighted by atomic mass is 9.85. The van der Waals surface area contributed by atoms with Gasteiger partial charge in [-0.3, -0.25) is 9.69 Å². The Morgan fingerprint density at radius 2 is 1.40 bits per heavy atom. The van der Waals surface area contributed by atoms with E-state index in [-0.39, 0.29) is 31.1 Å². The standard InChI is InChI=1S/C29H33F7N4O4S/c1-38(23-13-19(28(31,32)33)12-20(14-23)29(34,35)36)27(42)39(2)25-16-40(15-24(25)17-4-8-21(30)9-5-17)26(41)18-6-10-22(11-7-18)37-45(3,43)44/h4-5,8-9,12-14,18,22,24-25,37H,6-7,10-11,15-16H2,1-3H3/t18-,22-,24-,25+/m0/s1. The van der Waals surface area contributed by atoms with Crippen LogP contribution in [-0.2, 0) is 27.2 Å². The number of likely N-dealkylation sites (tertiary alicyclic amines) is 1. The molecule has 4 rings (SSSR count). The fraction of sp³-hybridized carbons (Fsp3) is 0.517. The van der Waals surface area contributed by atoms with Gasteiger partial charge in [-0.25, -0.2) is 22.3 Å². The highest BCUT2D eigenvalue weighted by molar-refractivity contribution is 7.88. The van der Waals surface area contributed by atoms with Crippen molar-refractivity contribution in [1.29, 1.82) is 0 Å². The topological polar surface area (TPSA) is 90.0 Å². The zero-order chi connectivity index (χ0) is 33.5. The third-order valence-corrected chi connectivity index (χ3v) is 9.16. The molecule has 2 aromatic carbocycles. The van der Waals surface area contributed by atoms with E-state index in [1.54, 1.807) is 4.90 Å². The molecule has 3 amide bonds. The van der Waals surface area contributed by atoms with E-state index < -0.39 is 68.9 Å². The Kier molecular flexibility index (Phi) is 9.79. The van der Waals surface area contributed by atoms with Crippen LogP contribution in [0.3, 0.4) is 0 Å². The molecule has 1 N–H and O–H groups in total. The maximum atomic E-state index is 13.7. The summed E-state index contributed by atoms with van der Waals surface area (Å²) in [6.07, 6.45) is -7.42. The largest absolute Gasteiger partial charge is 0.416 e. The number of hydrogen-bond acceptors (Lipinski definition) is 4. The van der Waals surface area contributed by atoms with Crippen LogP contribution in [0, 0.1) is 11.7 Å². The lowest BCUT2D eigenvalue weighted by Crippen LogP contribution is -2.48. The molecule has 1 heterocycles. The Balaban J connectivity index is 1.58. The van der Waals surface area contributed by atoms with Crippen molar-refractivity contribution in [2.75, 3.05) is 38.3 Å². The maximum Gasteiger partial charge on any atom is 0.416 e. The highest BCUT2D eigenvalue weighted by Crippen LogP contribution is 2.39. The number of amides is 3. The maximum absolute atomic E-state index is 13.7. The van der Waals surface area contributed by atoms with Crippen molar-refractivity contribution in [2.45, 2.75) is 56.0 Å². The third kappa shape index (κ3) is 8.26. The molecule has 2 fully saturated rings. The SMILES string of the molecule is CN(C(=O)N(C)[C@@H]1CN(C(=O)[C@H]2CC[C@H](NS(C)(=O)=O)CC2)C[C@H]1c1ccc(F)cc1)c1cc(C(F)(F)F)cc(C(F)(F)F)c1. The van der Waals surface area contributed by atoms with Gasteiger partial charge < -0.3 is 9.80 Å². The average molecular weight is 667 g/mol. The molecule has 2 aliphatic rings. The molecule has 0 spiro atoms. The van der Waals surface area contributed by atoms with E-state index in [0.717, 1.165) is 13.3 Å². The van der Waals surface area contributed by atoms with Gasteiger partial charge in [-0.05, 0) is 61.6 Å². The number of alkyl halides is 6. The van der Waals surface area contributed by atoms with Crippen LogP contribution in [0.4, 0.5) is 41.2 Å². The molecule has 0 radical (unpaired) electrons. The van der Waals surface area contributed by atoms with Crippen LogP contribution in [-0.4, -0.2) is 75.7 Å². The van der Waals surface area contributed by atoms with Crippen LogP contribution in [0.25, 0.3) is 0 Å². The summed E-state index contributed by atoms with van der Waals surface area (Å²) in [5.74, 6) is -1.70. The highest BCUT2D eigenvalue weighted by atomic mass is 32.2. The fourth-order valence-electron chi connectivity index (χ4n) is 6.04. The minimum absolute atomic E-state index is 0.00880. The average Bonchev–Trinajstić information content (AvgIpc) is 3.40. The first-order chi connectivity index (χ1) is 20.7. The van der Waals surface area contributed by atoms with Gasteiger partial charge in [0.1, 0.15) is 5.82 Å². The molecule has 0 unspecified atom stereocenters. The Morgan fingerprint density at radius 3 is 1.89 bits per heavy atom. The molecular weight excluding hydrogens is 633 g/mol. The fourth-order valence-corrected chi connectivity index (χ4v) is 6.88. The summed E-state index contributed by atoms with van der Waals surface area (Å²) in [5.41, 5.74) is -3.19. The molecule has 8 nitrogen and oxygen atoms in total. The summed E-state index contributed by atoms with van der Waals surface area (Å²) in [5, 5.41) is 0. The van der Waals surface area contributed by atoms with Gasteiger partial charge in [0.2, 0.25) is 15.9 Å². The number of sulfonamides is 1. The summed E-state index contributed by atoms with van der Waals surface area (Å²) >= 11 is 0. The molecule has 45 heavy (non-hydrogen) atoms. The lowest BCUT2D eigenvalue weighted by Gasteiger charge is -2.33. The highest BCUT2D eigenvalue weighted by Gasteiger charge is 2.43. The number of nitrogens with one attached hydrogen (secondary N) is 1. The first-order valence-corrected chi connectivity index (χ1v) is 16.0. The van der Waals surface area contributed by atoms with Crippen molar-refractivity contribution in [3.8, 4) is 0 Å². The summed E-state index contributed by atoms with van der Waals surface area (Å²) in [4.78, 5) is 30.6. The van der Waals surface area contributed by atoms with Crippen molar-refractivity contribution < 1.29 is 48.7 Å². The molecule has 2 aromatic rings. The van der Waals surface area contributed by atoms with Gasteiger partial charge in [0.15, 0.2) is 0 Å². The predicted molar refractivity (Wildman–Crippen MR) is 151 cm³/mol. The van der Waals surface area contributed by atoms with E-state index in [1.165, 1.54) is 36.2 Å². The van der Waals surface area contributed by atoms with Crippen molar-refractivity contribution in [3.05, 3.63) is 65.0 Å². The van der Waals surface area contributed by atoms with Crippen molar-refractivity contribution in [1.82, 2.24) is 14.5 Å². The number of urea groups is 1. The first-order valence-electron chi connectivity index (χ1n) is 14.1. The van der Waals surface area contributed by atoms with Crippen LogP contribution >= 0.6 is 0 Å². The van der Waals surface area contributed by atoms with Crippen LogP contribution < -0.4 is 9.62 Å². The van der Waals surface area contributed by atoms with Gasteiger partial charge in [-0.2, -0.15) is 26.3 Å². The van der Waals surface area contributed by atoms with Crippen molar-refractivity contribution in [2.24, 2.45) is 5.92 Å².